The Bertz CT molecular complexity index is 225. The lowest BCUT2D eigenvalue weighted by atomic mass is 9.86. The fourth-order valence-corrected chi connectivity index (χ4v) is 1.06. The summed E-state index contributed by atoms with van der Waals surface area (Å²) >= 11 is 0. The van der Waals surface area contributed by atoms with Crippen molar-refractivity contribution in [2.45, 2.75) is 39.0 Å². The van der Waals surface area contributed by atoms with E-state index >= 15 is 0 Å². The van der Waals surface area contributed by atoms with Crippen molar-refractivity contribution in [2.75, 3.05) is 6.61 Å². The van der Waals surface area contributed by atoms with Crippen molar-refractivity contribution in [3.05, 3.63) is 0 Å². The van der Waals surface area contributed by atoms with Crippen LogP contribution in [0.15, 0.2) is 0 Å². The standard InChI is InChI=1S/C9H15F3O3/c1-4-15-7(13)5-8(14,6(2)3)9(10,11)12/h6,14H,4-5H2,1-3H3. The maximum absolute atomic E-state index is 12.5. The zero-order chi connectivity index (χ0) is 12.3. The molecule has 0 fully saturated rings. The minimum Gasteiger partial charge on any atom is -0.466 e. The number of esters is 1. The van der Waals surface area contributed by atoms with Gasteiger partial charge in [0.15, 0.2) is 5.60 Å². The predicted molar refractivity (Wildman–Crippen MR) is 47.1 cm³/mol. The first kappa shape index (κ1) is 14.2. The summed E-state index contributed by atoms with van der Waals surface area (Å²) in [6.07, 6.45) is -5.91. The Balaban J connectivity index is 4.76. The first-order valence-electron chi connectivity index (χ1n) is 4.60. The van der Waals surface area contributed by atoms with Gasteiger partial charge in [0.2, 0.25) is 0 Å². The van der Waals surface area contributed by atoms with Crippen molar-refractivity contribution >= 4 is 5.97 Å². The number of halogens is 3. The second-order valence-corrected chi connectivity index (χ2v) is 3.56. The molecule has 1 unspecified atom stereocenters. The lowest BCUT2D eigenvalue weighted by molar-refractivity contribution is -0.278. The van der Waals surface area contributed by atoms with Crippen molar-refractivity contribution in [3.8, 4) is 0 Å². The molecule has 1 atom stereocenters. The van der Waals surface area contributed by atoms with Gasteiger partial charge in [-0.3, -0.25) is 4.79 Å². The van der Waals surface area contributed by atoms with Gasteiger partial charge in [0.25, 0.3) is 0 Å². The number of alkyl halides is 3. The molecule has 3 nitrogen and oxygen atoms in total. The average Bonchev–Trinajstić information content (AvgIpc) is 2.01. The highest BCUT2D eigenvalue weighted by Crippen LogP contribution is 2.38. The fraction of sp³-hybridized carbons (Fsp3) is 0.889. The molecule has 0 aromatic rings. The van der Waals surface area contributed by atoms with E-state index in [0.29, 0.717) is 0 Å². The minimum absolute atomic E-state index is 0.00906. The van der Waals surface area contributed by atoms with E-state index in [0.717, 1.165) is 0 Å². The Kier molecular flexibility index (Phi) is 4.58. The number of rotatable bonds is 4. The number of carbonyl (C=O) groups excluding carboxylic acids is 1. The van der Waals surface area contributed by atoms with Crippen molar-refractivity contribution in [2.24, 2.45) is 5.92 Å². The van der Waals surface area contributed by atoms with Crippen molar-refractivity contribution in [1.29, 1.82) is 0 Å². The molecule has 0 heterocycles. The van der Waals surface area contributed by atoms with Crippen LogP contribution in [0, 0.1) is 5.92 Å². The van der Waals surface area contributed by atoms with Crippen LogP contribution in [0.5, 0.6) is 0 Å². The van der Waals surface area contributed by atoms with Gasteiger partial charge >= 0.3 is 12.1 Å². The predicted octanol–water partition coefficient (Wildman–Crippen LogP) is 1.89. The van der Waals surface area contributed by atoms with Gasteiger partial charge in [0.05, 0.1) is 13.0 Å². The zero-order valence-corrected chi connectivity index (χ0v) is 8.89. The fourth-order valence-electron chi connectivity index (χ4n) is 1.06. The van der Waals surface area contributed by atoms with Crippen LogP contribution in [0.4, 0.5) is 13.2 Å². The number of aliphatic hydroxyl groups is 1. The van der Waals surface area contributed by atoms with E-state index in [1.165, 1.54) is 20.8 Å². The molecule has 0 bridgehead atoms. The molecular formula is C9H15F3O3. The molecule has 0 amide bonds. The summed E-state index contributed by atoms with van der Waals surface area (Å²) in [6.45, 7) is 3.88. The molecule has 90 valence electrons. The monoisotopic (exact) mass is 228 g/mol. The normalized spacial score (nSPS) is 16.3. The van der Waals surface area contributed by atoms with E-state index in [1.54, 1.807) is 0 Å². The molecule has 0 aromatic carbocycles. The van der Waals surface area contributed by atoms with Crippen LogP contribution in [-0.2, 0) is 9.53 Å². The van der Waals surface area contributed by atoms with Gasteiger partial charge in [-0.25, -0.2) is 0 Å². The van der Waals surface area contributed by atoms with Gasteiger partial charge in [-0.15, -0.1) is 0 Å². The average molecular weight is 228 g/mol. The molecular weight excluding hydrogens is 213 g/mol. The highest BCUT2D eigenvalue weighted by atomic mass is 19.4. The molecule has 0 aliphatic carbocycles. The number of hydrogen-bond donors (Lipinski definition) is 1. The molecule has 1 N–H and O–H groups in total. The van der Waals surface area contributed by atoms with E-state index in [1.807, 2.05) is 0 Å². The van der Waals surface area contributed by atoms with E-state index in [4.69, 9.17) is 0 Å². The lowest BCUT2D eigenvalue weighted by Crippen LogP contribution is -2.51. The van der Waals surface area contributed by atoms with Gasteiger partial charge in [0.1, 0.15) is 0 Å². The largest absolute Gasteiger partial charge is 0.466 e. The highest BCUT2D eigenvalue weighted by molar-refractivity contribution is 5.70. The molecule has 6 heteroatoms. The van der Waals surface area contributed by atoms with E-state index < -0.39 is 30.1 Å². The molecule has 0 spiro atoms. The van der Waals surface area contributed by atoms with Crippen LogP contribution in [-0.4, -0.2) is 29.5 Å². The molecule has 0 aromatic heterocycles. The van der Waals surface area contributed by atoms with Crippen LogP contribution >= 0.6 is 0 Å². The molecule has 0 radical (unpaired) electrons. The van der Waals surface area contributed by atoms with Crippen LogP contribution in [0.3, 0.4) is 0 Å². The third-order valence-corrected chi connectivity index (χ3v) is 2.17. The molecule has 0 aliphatic rings. The summed E-state index contributed by atoms with van der Waals surface area (Å²) < 4.78 is 41.9. The Morgan fingerprint density at radius 2 is 1.87 bits per heavy atom. The topological polar surface area (TPSA) is 46.5 Å². The maximum Gasteiger partial charge on any atom is 0.418 e. The van der Waals surface area contributed by atoms with E-state index in [2.05, 4.69) is 4.74 Å². The van der Waals surface area contributed by atoms with Gasteiger partial charge in [-0.1, -0.05) is 13.8 Å². The molecule has 15 heavy (non-hydrogen) atoms. The van der Waals surface area contributed by atoms with E-state index in [9.17, 15) is 23.1 Å². The highest BCUT2D eigenvalue weighted by Gasteiger charge is 2.57. The van der Waals surface area contributed by atoms with Gasteiger partial charge in [0, 0.05) is 0 Å². The van der Waals surface area contributed by atoms with Crippen LogP contribution in [0.2, 0.25) is 0 Å². The second kappa shape index (κ2) is 4.83. The summed E-state index contributed by atoms with van der Waals surface area (Å²) in [5, 5.41) is 9.40. The van der Waals surface area contributed by atoms with Gasteiger partial charge in [-0.2, -0.15) is 13.2 Å². The summed E-state index contributed by atoms with van der Waals surface area (Å²) in [6, 6.07) is 0. The Morgan fingerprint density at radius 1 is 1.40 bits per heavy atom. The Morgan fingerprint density at radius 3 is 2.13 bits per heavy atom. The summed E-state index contributed by atoms with van der Waals surface area (Å²) in [4.78, 5) is 10.9. The summed E-state index contributed by atoms with van der Waals surface area (Å²) in [5.41, 5.74) is -3.01. The maximum atomic E-state index is 12.5. The minimum atomic E-state index is -4.84. The second-order valence-electron chi connectivity index (χ2n) is 3.56. The molecule has 0 aliphatic heterocycles. The van der Waals surface area contributed by atoms with Crippen LogP contribution < -0.4 is 0 Å². The third kappa shape index (κ3) is 3.37. The van der Waals surface area contributed by atoms with Crippen molar-refractivity contribution in [3.63, 3.8) is 0 Å². The van der Waals surface area contributed by atoms with Gasteiger partial charge < -0.3 is 9.84 Å². The van der Waals surface area contributed by atoms with Crippen molar-refractivity contribution < 1.29 is 27.8 Å². The summed E-state index contributed by atoms with van der Waals surface area (Å²) in [5.74, 6) is -2.16. The van der Waals surface area contributed by atoms with Crippen molar-refractivity contribution in [1.82, 2.24) is 0 Å². The smallest absolute Gasteiger partial charge is 0.418 e. The number of ether oxygens (including phenoxy) is 1. The molecule has 0 rings (SSSR count). The lowest BCUT2D eigenvalue weighted by Gasteiger charge is -2.33. The first-order chi connectivity index (χ1) is 6.65. The zero-order valence-electron chi connectivity index (χ0n) is 8.89. The molecule has 0 saturated heterocycles. The number of hydrogen-bond acceptors (Lipinski definition) is 3. The SMILES string of the molecule is CCOC(=O)CC(O)(C(C)C)C(F)(F)F. The van der Waals surface area contributed by atoms with Crippen LogP contribution in [0.25, 0.3) is 0 Å². The quantitative estimate of drug-likeness (QED) is 0.747. The Labute approximate surface area is 86.2 Å². The third-order valence-electron chi connectivity index (χ3n) is 2.17. The van der Waals surface area contributed by atoms with E-state index in [-0.39, 0.29) is 6.61 Å². The first-order valence-corrected chi connectivity index (χ1v) is 4.60. The van der Waals surface area contributed by atoms with Gasteiger partial charge in [-0.05, 0) is 12.8 Å². The molecule has 0 saturated carbocycles. The van der Waals surface area contributed by atoms with Crippen LogP contribution in [0.1, 0.15) is 27.2 Å². The summed E-state index contributed by atoms with van der Waals surface area (Å²) in [7, 11) is 0. The number of carbonyl (C=O) groups is 1. The Hall–Kier alpha value is -0.780.